The van der Waals surface area contributed by atoms with Crippen LogP contribution in [0.4, 0.5) is 0 Å². The molecule has 3 nitrogen and oxygen atoms in total. The first-order valence-electron chi connectivity index (χ1n) is 6.24. The molecule has 2 rings (SSSR count). The maximum Gasteiger partial charge on any atom is 0.162 e. The van der Waals surface area contributed by atoms with Gasteiger partial charge in [0.1, 0.15) is 10.8 Å². The van der Waals surface area contributed by atoms with Crippen LogP contribution < -0.4 is 0 Å². The lowest BCUT2D eigenvalue weighted by atomic mass is 9.79. The van der Waals surface area contributed by atoms with Gasteiger partial charge in [-0.2, -0.15) is 0 Å². The molecule has 0 atom stereocenters. The molecule has 1 heterocycles. The fourth-order valence-electron chi connectivity index (χ4n) is 2.48. The summed E-state index contributed by atoms with van der Waals surface area (Å²) in [5.41, 5.74) is 0.502. The average Bonchev–Trinajstić information content (AvgIpc) is 2.37. The first kappa shape index (κ1) is 14.2. The van der Waals surface area contributed by atoms with E-state index >= 15 is 0 Å². The van der Waals surface area contributed by atoms with Crippen molar-refractivity contribution >= 4 is 27.5 Å². The van der Waals surface area contributed by atoms with Gasteiger partial charge in [-0.15, -0.1) is 0 Å². The Balaban J connectivity index is 2.39. The summed E-state index contributed by atoms with van der Waals surface area (Å²) in [5.74, 6) is 1.47. The lowest BCUT2D eigenvalue weighted by molar-refractivity contribution is -0.0598. The van der Waals surface area contributed by atoms with Crippen LogP contribution in [-0.2, 0) is 10.3 Å². The summed E-state index contributed by atoms with van der Waals surface area (Å²) in [5, 5.41) is 0.465. The monoisotopic (exact) mass is 332 g/mol. The van der Waals surface area contributed by atoms with Gasteiger partial charge in [0.2, 0.25) is 0 Å². The minimum absolute atomic E-state index is 0.360. The molecular formula is C13H18BrClN2O. The Morgan fingerprint density at radius 2 is 1.94 bits per heavy atom. The molecular weight excluding hydrogens is 316 g/mol. The molecule has 0 spiro atoms. The molecule has 0 bridgehead atoms. The second-order valence-corrected chi connectivity index (χ2v) is 6.27. The van der Waals surface area contributed by atoms with Gasteiger partial charge in [0.05, 0.1) is 10.2 Å². The van der Waals surface area contributed by atoms with Crippen molar-refractivity contribution in [2.45, 2.75) is 45.1 Å². The van der Waals surface area contributed by atoms with Gasteiger partial charge < -0.3 is 4.74 Å². The van der Waals surface area contributed by atoms with Crippen molar-refractivity contribution in [1.82, 2.24) is 9.97 Å². The molecule has 1 fully saturated rings. The number of halogens is 2. The Bertz CT molecular complexity index is 422. The van der Waals surface area contributed by atoms with Gasteiger partial charge in [-0.25, -0.2) is 9.97 Å². The zero-order valence-electron chi connectivity index (χ0n) is 11.0. The fraction of sp³-hybridized carbons (Fsp3) is 0.692. The smallest absolute Gasteiger partial charge is 0.162 e. The van der Waals surface area contributed by atoms with Gasteiger partial charge >= 0.3 is 0 Å². The van der Waals surface area contributed by atoms with E-state index in [9.17, 15) is 0 Å². The predicted octanol–water partition coefficient (Wildman–Crippen LogP) is 4.25. The van der Waals surface area contributed by atoms with Crippen molar-refractivity contribution in [2.24, 2.45) is 5.92 Å². The number of hydrogen-bond donors (Lipinski definition) is 0. The van der Waals surface area contributed by atoms with E-state index in [0.29, 0.717) is 5.15 Å². The minimum Gasteiger partial charge on any atom is -0.370 e. The molecule has 0 aliphatic heterocycles. The summed E-state index contributed by atoms with van der Waals surface area (Å²) >= 11 is 9.52. The third-order valence-corrected chi connectivity index (χ3v) is 5.31. The van der Waals surface area contributed by atoms with Crippen LogP contribution >= 0.6 is 27.5 Å². The summed E-state index contributed by atoms with van der Waals surface area (Å²) in [4.78, 5) is 8.97. The summed E-state index contributed by atoms with van der Waals surface area (Å²) in [6.07, 6.45) is 4.21. The molecule has 0 aromatic carbocycles. The van der Waals surface area contributed by atoms with Crippen molar-refractivity contribution < 1.29 is 4.74 Å². The van der Waals surface area contributed by atoms with Crippen LogP contribution in [0.25, 0.3) is 0 Å². The summed E-state index contributed by atoms with van der Waals surface area (Å²) < 4.78 is 6.53. The Kier molecular flexibility index (Phi) is 4.29. The highest BCUT2D eigenvalue weighted by atomic mass is 79.9. The van der Waals surface area contributed by atoms with E-state index < -0.39 is 0 Å². The van der Waals surface area contributed by atoms with Crippen LogP contribution in [-0.4, -0.2) is 17.1 Å². The molecule has 1 aromatic rings. The lowest BCUT2D eigenvalue weighted by Gasteiger charge is -2.37. The molecule has 0 N–H and O–H groups in total. The van der Waals surface area contributed by atoms with E-state index in [-0.39, 0.29) is 5.60 Å². The van der Waals surface area contributed by atoms with Gasteiger partial charge in [-0.1, -0.05) is 18.5 Å². The van der Waals surface area contributed by atoms with Crippen LogP contribution in [0.15, 0.2) is 4.47 Å². The highest BCUT2D eigenvalue weighted by Gasteiger charge is 2.39. The minimum atomic E-state index is -0.360. The Morgan fingerprint density at radius 3 is 2.44 bits per heavy atom. The third kappa shape index (κ3) is 2.56. The summed E-state index contributed by atoms with van der Waals surface area (Å²) in [7, 11) is 1.74. The van der Waals surface area contributed by atoms with Crippen molar-refractivity contribution in [3.8, 4) is 0 Å². The van der Waals surface area contributed by atoms with Gasteiger partial charge in [0.25, 0.3) is 0 Å². The van der Waals surface area contributed by atoms with E-state index in [1.54, 1.807) is 7.11 Å². The number of methoxy groups -OCH3 is 1. The maximum atomic E-state index is 6.13. The van der Waals surface area contributed by atoms with E-state index in [1.807, 2.05) is 6.92 Å². The topological polar surface area (TPSA) is 35.0 Å². The summed E-state index contributed by atoms with van der Waals surface area (Å²) in [6.45, 7) is 4.20. The van der Waals surface area contributed by atoms with Crippen LogP contribution in [0, 0.1) is 12.8 Å². The highest BCUT2D eigenvalue weighted by Crippen LogP contribution is 2.41. The number of ether oxygens (including phenoxy) is 1. The molecule has 0 saturated heterocycles. The molecule has 1 aliphatic carbocycles. The van der Waals surface area contributed by atoms with Gasteiger partial charge in [0.15, 0.2) is 5.82 Å². The van der Waals surface area contributed by atoms with Crippen molar-refractivity contribution in [3.05, 3.63) is 21.1 Å². The molecule has 0 radical (unpaired) electrons. The Hall–Kier alpha value is -0.190. The Morgan fingerprint density at radius 1 is 1.33 bits per heavy atom. The van der Waals surface area contributed by atoms with E-state index in [1.165, 1.54) is 0 Å². The second kappa shape index (κ2) is 5.43. The zero-order valence-corrected chi connectivity index (χ0v) is 13.3. The van der Waals surface area contributed by atoms with E-state index in [0.717, 1.165) is 47.6 Å². The first-order valence-corrected chi connectivity index (χ1v) is 7.41. The quantitative estimate of drug-likeness (QED) is 0.759. The van der Waals surface area contributed by atoms with E-state index in [4.69, 9.17) is 16.3 Å². The number of rotatable bonds is 2. The number of hydrogen-bond acceptors (Lipinski definition) is 3. The summed E-state index contributed by atoms with van der Waals surface area (Å²) in [6, 6.07) is 0. The molecule has 5 heteroatoms. The van der Waals surface area contributed by atoms with Crippen LogP contribution in [0.5, 0.6) is 0 Å². The maximum absolute atomic E-state index is 6.13. The highest BCUT2D eigenvalue weighted by molar-refractivity contribution is 9.10. The molecule has 18 heavy (non-hydrogen) atoms. The van der Waals surface area contributed by atoms with Gasteiger partial charge in [-0.05, 0) is 54.5 Å². The fourth-order valence-corrected chi connectivity index (χ4v) is 2.87. The molecule has 100 valence electrons. The van der Waals surface area contributed by atoms with Crippen molar-refractivity contribution in [3.63, 3.8) is 0 Å². The SMILES string of the molecule is COC1(c2nc(C)c(Br)c(Cl)n2)CCC(C)CC1. The number of aryl methyl sites for hydroxylation is 1. The third-order valence-electron chi connectivity index (χ3n) is 3.86. The second-order valence-electron chi connectivity index (χ2n) is 5.12. The number of nitrogens with zero attached hydrogens (tertiary/aromatic N) is 2. The van der Waals surface area contributed by atoms with Crippen LogP contribution in [0.1, 0.15) is 44.1 Å². The molecule has 0 unspecified atom stereocenters. The molecule has 1 aromatic heterocycles. The molecule has 0 amide bonds. The number of aromatic nitrogens is 2. The standard InChI is InChI=1S/C13H18BrClN2O/c1-8-4-6-13(18-3,7-5-8)12-16-9(2)10(14)11(15)17-12/h8H,4-7H2,1-3H3. The molecule has 1 saturated carbocycles. The van der Waals surface area contributed by atoms with Crippen molar-refractivity contribution in [2.75, 3.05) is 7.11 Å². The predicted molar refractivity (Wildman–Crippen MR) is 75.8 cm³/mol. The van der Waals surface area contributed by atoms with Crippen LogP contribution in [0.2, 0.25) is 5.15 Å². The zero-order chi connectivity index (χ0) is 13.3. The van der Waals surface area contributed by atoms with Gasteiger partial charge in [-0.3, -0.25) is 0 Å². The van der Waals surface area contributed by atoms with Crippen molar-refractivity contribution in [1.29, 1.82) is 0 Å². The first-order chi connectivity index (χ1) is 8.48. The Labute approximate surface area is 121 Å². The largest absolute Gasteiger partial charge is 0.370 e. The van der Waals surface area contributed by atoms with Gasteiger partial charge in [0, 0.05) is 7.11 Å². The lowest BCUT2D eigenvalue weighted by Crippen LogP contribution is -2.35. The van der Waals surface area contributed by atoms with Crippen LogP contribution in [0.3, 0.4) is 0 Å². The van der Waals surface area contributed by atoms with E-state index in [2.05, 4.69) is 32.8 Å². The molecule has 1 aliphatic rings. The normalized spacial score (nSPS) is 28.4. The average molecular weight is 334 g/mol.